The van der Waals surface area contributed by atoms with Gasteiger partial charge in [0.25, 0.3) is 0 Å². The Kier molecular flexibility index (Phi) is 6.95. The van der Waals surface area contributed by atoms with Gasteiger partial charge in [-0.25, -0.2) is 26.3 Å². The quantitative estimate of drug-likeness (QED) is 0.532. The summed E-state index contributed by atoms with van der Waals surface area (Å²) in [5.74, 6) is 0. The van der Waals surface area contributed by atoms with Crippen LogP contribution in [0.1, 0.15) is 17.2 Å². The van der Waals surface area contributed by atoms with E-state index in [9.17, 15) is 16.8 Å². The molecule has 2 N–H and O–H groups in total. The number of sulfonamides is 2. The van der Waals surface area contributed by atoms with E-state index < -0.39 is 26.1 Å². The second-order valence-corrected chi connectivity index (χ2v) is 10.6. The van der Waals surface area contributed by atoms with Crippen molar-refractivity contribution in [1.29, 1.82) is 0 Å². The van der Waals surface area contributed by atoms with Gasteiger partial charge < -0.3 is 0 Å². The number of hydrogen-bond donors (Lipinski definition) is 2. The van der Waals surface area contributed by atoms with Crippen molar-refractivity contribution in [2.45, 2.75) is 22.8 Å². The molecule has 0 amide bonds. The van der Waals surface area contributed by atoms with E-state index in [1.54, 1.807) is 42.5 Å². The first-order chi connectivity index (χ1) is 14.2. The first-order valence-electron chi connectivity index (χ1n) is 9.06. The van der Waals surface area contributed by atoms with Gasteiger partial charge in [0, 0.05) is 11.6 Å². The van der Waals surface area contributed by atoms with Crippen LogP contribution in [-0.4, -0.2) is 23.4 Å². The van der Waals surface area contributed by atoms with Crippen LogP contribution in [0, 0.1) is 6.92 Å². The smallest absolute Gasteiger partial charge is 0.209 e. The molecule has 0 aliphatic rings. The lowest BCUT2D eigenvalue weighted by Crippen LogP contribution is -2.37. The largest absolute Gasteiger partial charge is 0.241 e. The van der Waals surface area contributed by atoms with Crippen molar-refractivity contribution in [1.82, 2.24) is 9.44 Å². The fourth-order valence-corrected chi connectivity index (χ4v) is 5.17. The number of aryl methyl sites for hydroxylation is 1. The SMILES string of the molecule is Cc1ccc(S(=O)(=O)NCC(NS(=O)(=O)c2ccc(Cl)cc2)c2ccccc2)cc1. The Hall–Kier alpha value is -2.23. The Balaban J connectivity index is 1.85. The van der Waals surface area contributed by atoms with Gasteiger partial charge in [0.2, 0.25) is 20.0 Å². The van der Waals surface area contributed by atoms with Crippen LogP contribution in [0.25, 0.3) is 0 Å². The lowest BCUT2D eigenvalue weighted by molar-refractivity contribution is 0.540. The fraction of sp³-hybridized carbons (Fsp3) is 0.143. The Bertz CT molecular complexity index is 1200. The molecule has 0 saturated carbocycles. The molecule has 0 bridgehead atoms. The van der Waals surface area contributed by atoms with Gasteiger partial charge in [0.15, 0.2) is 0 Å². The van der Waals surface area contributed by atoms with Gasteiger partial charge in [0.1, 0.15) is 0 Å². The van der Waals surface area contributed by atoms with Gasteiger partial charge in [-0.15, -0.1) is 0 Å². The molecular formula is C21H21ClN2O4S2. The second-order valence-electron chi connectivity index (χ2n) is 6.70. The molecule has 0 aliphatic carbocycles. The van der Waals surface area contributed by atoms with Crippen LogP contribution in [0.3, 0.4) is 0 Å². The maximum atomic E-state index is 12.8. The highest BCUT2D eigenvalue weighted by Gasteiger charge is 2.24. The molecule has 0 heterocycles. The topological polar surface area (TPSA) is 92.3 Å². The molecule has 0 fully saturated rings. The van der Waals surface area contributed by atoms with Crippen molar-refractivity contribution < 1.29 is 16.8 Å². The van der Waals surface area contributed by atoms with Crippen LogP contribution in [0.5, 0.6) is 0 Å². The third kappa shape index (κ3) is 5.68. The molecule has 9 heteroatoms. The predicted molar refractivity (Wildman–Crippen MR) is 117 cm³/mol. The summed E-state index contributed by atoms with van der Waals surface area (Å²) in [6.07, 6.45) is 0. The lowest BCUT2D eigenvalue weighted by Gasteiger charge is -2.20. The van der Waals surface area contributed by atoms with Gasteiger partial charge in [-0.1, -0.05) is 59.6 Å². The van der Waals surface area contributed by atoms with Crippen molar-refractivity contribution in [3.8, 4) is 0 Å². The van der Waals surface area contributed by atoms with E-state index in [0.29, 0.717) is 10.6 Å². The normalized spacial score (nSPS) is 13.1. The molecule has 0 spiro atoms. The molecule has 30 heavy (non-hydrogen) atoms. The van der Waals surface area contributed by atoms with Crippen LogP contribution in [-0.2, 0) is 20.0 Å². The fourth-order valence-electron chi connectivity index (χ4n) is 2.78. The summed E-state index contributed by atoms with van der Waals surface area (Å²) >= 11 is 5.84. The first-order valence-corrected chi connectivity index (χ1v) is 12.4. The van der Waals surface area contributed by atoms with E-state index >= 15 is 0 Å². The highest BCUT2D eigenvalue weighted by atomic mass is 35.5. The van der Waals surface area contributed by atoms with Crippen LogP contribution >= 0.6 is 11.6 Å². The number of nitrogens with one attached hydrogen (secondary N) is 2. The maximum absolute atomic E-state index is 12.8. The highest BCUT2D eigenvalue weighted by molar-refractivity contribution is 7.90. The zero-order chi connectivity index (χ0) is 21.8. The molecule has 6 nitrogen and oxygen atoms in total. The van der Waals surface area contributed by atoms with E-state index in [0.717, 1.165) is 5.56 Å². The van der Waals surface area contributed by atoms with Crippen LogP contribution in [0.4, 0.5) is 0 Å². The summed E-state index contributed by atoms with van der Waals surface area (Å²) in [6, 6.07) is 20.1. The Morgan fingerprint density at radius 2 is 1.30 bits per heavy atom. The van der Waals surface area contributed by atoms with E-state index in [-0.39, 0.29) is 16.3 Å². The molecule has 1 unspecified atom stereocenters. The third-order valence-corrected chi connectivity index (χ3v) is 7.61. The summed E-state index contributed by atoms with van der Waals surface area (Å²) in [7, 11) is -7.71. The summed E-state index contributed by atoms with van der Waals surface area (Å²) in [5, 5.41) is 0.416. The van der Waals surface area contributed by atoms with Crippen LogP contribution in [0.15, 0.2) is 88.7 Å². The highest BCUT2D eigenvalue weighted by Crippen LogP contribution is 2.19. The molecule has 0 aliphatic heterocycles. The summed E-state index contributed by atoms with van der Waals surface area (Å²) in [5.41, 5.74) is 1.56. The second kappa shape index (κ2) is 9.28. The molecule has 0 aromatic heterocycles. The zero-order valence-electron chi connectivity index (χ0n) is 16.1. The van der Waals surface area contributed by atoms with E-state index in [4.69, 9.17) is 11.6 Å². The van der Waals surface area contributed by atoms with Gasteiger partial charge in [0.05, 0.1) is 15.8 Å². The van der Waals surface area contributed by atoms with Crippen molar-refractivity contribution in [3.63, 3.8) is 0 Å². The van der Waals surface area contributed by atoms with Gasteiger partial charge in [-0.3, -0.25) is 0 Å². The first kappa shape index (κ1) is 22.5. The lowest BCUT2D eigenvalue weighted by atomic mass is 10.1. The number of rotatable bonds is 8. The number of hydrogen-bond acceptors (Lipinski definition) is 4. The molecule has 3 rings (SSSR count). The van der Waals surface area contributed by atoms with Crippen LogP contribution in [0.2, 0.25) is 5.02 Å². The average Bonchev–Trinajstić information content (AvgIpc) is 2.72. The Labute approximate surface area is 182 Å². The minimum absolute atomic E-state index is 0.0363. The third-order valence-electron chi connectivity index (χ3n) is 4.43. The van der Waals surface area contributed by atoms with Crippen LogP contribution < -0.4 is 9.44 Å². The molecule has 158 valence electrons. The number of benzene rings is 3. The van der Waals surface area contributed by atoms with Crippen molar-refractivity contribution >= 4 is 31.6 Å². The summed E-state index contributed by atoms with van der Waals surface area (Å²) in [6.45, 7) is 1.70. The van der Waals surface area contributed by atoms with E-state index in [1.807, 2.05) is 6.92 Å². The standard InChI is InChI=1S/C21H21ClN2O4S2/c1-16-7-11-19(12-8-16)29(25,26)23-15-21(17-5-3-2-4-6-17)24-30(27,28)20-13-9-18(22)10-14-20/h2-14,21,23-24H,15H2,1H3. The summed E-state index contributed by atoms with van der Waals surface area (Å²) < 4.78 is 56.0. The minimum atomic E-state index is -3.91. The van der Waals surface area contributed by atoms with Gasteiger partial charge in [-0.2, -0.15) is 0 Å². The average molecular weight is 465 g/mol. The molecule has 3 aromatic rings. The monoisotopic (exact) mass is 464 g/mol. The molecule has 0 radical (unpaired) electrons. The maximum Gasteiger partial charge on any atom is 0.241 e. The van der Waals surface area contributed by atoms with E-state index in [1.165, 1.54) is 36.4 Å². The minimum Gasteiger partial charge on any atom is -0.209 e. The molecule has 0 saturated heterocycles. The number of halogens is 1. The molecule has 1 atom stereocenters. The van der Waals surface area contributed by atoms with Gasteiger partial charge in [-0.05, 0) is 48.9 Å². The Morgan fingerprint density at radius 3 is 1.90 bits per heavy atom. The van der Waals surface area contributed by atoms with Crippen molar-refractivity contribution in [2.24, 2.45) is 0 Å². The zero-order valence-corrected chi connectivity index (χ0v) is 18.5. The summed E-state index contributed by atoms with van der Waals surface area (Å²) in [4.78, 5) is 0.148. The van der Waals surface area contributed by atoms with Gasteiger partial charge >= 0.3 is 0 Å². The molecular weight excluding hydrogens is 444 g/mol. The van der Waals surface area contributed by atoms with Crippen molar-refractivity contribution in [3.05, 3.63) is 95.0 Å². The Morgan fingerprint density at radius 1 is 0.767 bits per heavy atom. The van der Waals surface area contributed by atoms with Crippen molar-refractivity contribution in [2.75, 3.05) is 6.54 Å². The molecule has 3 aromatic carbocycles. The predicted octanol–water partition coefficient (Wildman–Crippen LogP) is 3.65. The van der Waals surface area contributed by atoms with E-state index in [2.05, 4.69) is 9.44 Å².